The molecule has 2 aliphatic rings. The number of ketones is 1. The summed E-state index contributed by atoms with van der Waals surface area (Å²) in [4.78, 5) is 11.6. The van der Waals surface area contributed by atoms with Crippen LogP contribution in [0.2, 0.25) is 0 Å². The van der Waals surface area contributed by atoms with Gasteiger partial charge in [0.25, 0.3) is 0 Å². The van der Waals surface area contributed by atoms with Gasteiger partial charge < -0.3 is 4.42 Å². The average molecular weight is 216 g/mol. The molecule has 2 atom stereocenters. The molecule has 0 saturated heterocycles. The molecule has 0 spiro atoms. The van der Waals surface area contributed by atoms with E-state index in [1.807, 2.05) is 12.3 Å². The summed E-state index contributed by atoms with van der Waals surface area (Å²) in [6.45, 7) is 4.32. The van der Waals surface area contributed by atoms with Crippen LogP contribution in [0.3, 0.4) is 0 Å². The largest absolute Gasteiger partial charge is 0.468 e. The molecule has 0 saturated carbocycles. The van der Waals surface area contributed by atoms with E-state index in [0.717, 1.165) is 18.6 Å². The lowest BCUT2D eigenvalue weighted by Gasteiger charge is -2.33. The first-order chi connectivity index (χ1) is 7.66. The molecule has 16 heavy (non-hydrogen) atoms. The summed E-state index contributed by atoms with van der Waals surface area (Å²) in [5.74, 6) is 2.49. The van der Waals surface area contributed by atoms with Gasteiger partial charge in [0.1, 0.15) is 5.76 Å². The third-order valence-corrected chi connectivity index (χ3v) is 3.95. The molecule has 2 nitrogen and oxygen atoms in total. The average Bonchev–Trinajstić information content (AvgIpc) is 2.60. The minimum absolute atomic E-state index is 0.270. The second kappa shape index (κ2) is 3.34. The van der Waals surface area contributed by atoms with Crippen molar-refractivity contribution < 1.29 is 9.21 Å². The van der Waals surface area contributed by atoms with Gasteiger partial charge in [0.15, 0.2) is 5.78 Å². The summed E-state index contributed by atoms with van der Waals surface area (Å²) < 4.78 is 5.59. The summed E-state index contributed by atoms with van der Waals surface area (Å²) in [6, 6.07) is 0. The van der Waals surface area contributed by atoms with E-state index in [9.17, 15) is 4.79 Å². The van der Waals surface area contributed by atoms with E-state index in [0.29, 0.717) is 18.3 Å². The maximum atomic E-state index is 11.6. The zero-order valence-corrected chi connectivity index (χ0v) is 9.75. The SMILES string of the molecule is Cc1coc2c1C1=CC(=O)CCC1C(C)C2. The van der Waals surface area contributed by atoms with Gasteiger partial charge in [0.2, 0.25) is 0 Å². The smallest absolute Gasteiger partial charge is 0.156 e. The van der Waals surface area contributed by atoms with Crippen LogP contribution in [-0.4, -0.2) is 5.78 Å². The molecule has 1 aromatic rings. The lowest BCUT2D eigenvalue weighted by atomic mass is 9.70. The molecule has 0 amide bonds. The molecule has 2 aliphatic carbocycles. The van der Waals surface area contributed by atoms with Crippen molar-refractivity contribution in [2.24, 2.45) is 11.8 Å². The summed E-state index contributed by atoms with van der Waals surface area (Å²) in [6.07, 6.45) is 6.41. The Morgan fingerprint density at radius 3 is 3.06 bits per heavy atom. The summed E-state index contributed by atoms with van der Waals surface area (Å²) in [5, 5.41) is 0. The fourth-order valence-electron chi connectivity index (χ4n) is 3.13. The van der Waals surface area contributed by atoms with E-state index >= 15 is 0 Å². The van der Waals surface area contributed by atoms with Gasteiger partial charge in [-0.25, -0.2) is 0 Å². The van der Waals surface area contributed by atoms with Gasteiger partial charge in [-0.15, -0.1) is 0 Å². The molecule has 0 radical (unpaired) electrons. The zero-order chi connectivity index (χ0) is 11.3. The second-order valence-electron chi connectivity index (χ2n) is 5.11. The Hall–Kier alpha value is -1.31. The number of allylic oxidation sites excluding steroid dienone is 2. The van der Waals surface area contributed by atoms with Gasteiger partial charge in [0.05, 0.1) is 6.26 Å². The van der Waals surface area contributed by atoms with Crippen molar-refractivity contribution >= 4 is 11.4 Å². The van der Waals surface area contributed by atoms with E-state index in [2.05, 4.69) is 13.8 Å². The molecule has 2 unspecified atom stereocenters. The minimum Gasteiger partial charge on any atom is -0.468 e. The number of aryl methyl sites for hydroxylation is 1. The Balaban J connectivity index is 2.19. The lowest BCUT2D eigenvalue weighted by Crippen LogP contribution is -2.25. The highest BCUT2D eigenvalue weighted by molar-refractivity contribution is 5.99. The maximum Gasteiger partial charge on any atom is 0.156 e. The van der Waals surface area contributed by atoms with Crippen LogP contribution in [0.1, 0.15) is 36.7 Å². The Morgan fingerprint density at radius 2 is 2.25 bits per heavy atom. The minimum atomic E-state index is 0.270. The standard InChI is InChI=1S/C14H16O2/c1-8-5-13-14(9(2)7-16-13)12-6-10(15)3-4-11(8)12/h6-8,11H,3-5H2,1-2H3. The van der Waals surface area contributed by atoms with Crippen molar-refractivity contribution in [3.8, 4) is 0 Å². The molecule has 1 heterocycles. The van der Waals surface area contributed by atoms with Crippen LogP contribution in [0.25, 0.3) is 5.57 Å². The van der Waals surface area contributed by atoms with Crippen molar-refractivity contribution in [2.75, 3.05) is 0 Å². The topological polar surface area (TPSA) is 30.2 Å². The molecule has 3 rings (SSSR count). The fraction of sp³-hybridized carbons (Fsp3) is 0.500. The lowest BCUT2D eigenvalue weighted by molar-refractivity contribution is -0.115. The zero-order valence-electron chi connectivity index (χ0n) is 9.75. The number of hydrogen-bond acceptors (Lipinski definition) is 2. The molecule has 2 heteroatoms. The molecule has 84 valence electrons. The van der Waals surface area contributed by atoms with Gasteiger partial charge in [-0.05, 0) is 42.4 Å². The monoisotopic (exact) mass is 216 g/mol. The normalized spacial score (nSPS) is 28.4. The Morgan fingerprint density at radius 1 is 1.44 bits per heavy atom. The van der Waals surface area contributed by atoms with E-state index < -0.39 is 0 Å². The molecule has 0 aromatic carbocycles. The van der Waals surface area contributed by atoms with Gasteiger partial charge in [-0.2, -0.15) is 0 Å². The highest BCUT2D eigenvalue weighted by atomic mass is 16.3. The maximum absolute atomic E-state index is 11.6. The summed E-state index contributed by atoms with van der Waals surface area (Å²) >= 11 is 0. The van der Waals surface area contributed by atoms with Gasteiger partial charge in [0, 0.05) is 18.4 Å². The van der Waals surface area contributed by atoms with Crippen molar-refractivity contribution in [1.29, 1.82) is 0 Å². The van der Waals surface area contributed by atoms with Gasteiger partial charge in [-0.3, -0.25) is 4.79 Å². The first-order valence-corrected chi connectivity index (χ1v) is 5.98. The number of furan rings is 1. The molecular weight excluding hydrogens is 200 g/mol. The van der Waals surface area contributed by atoms with Crippen molar-refractivity contribution in [1.82, 2.24) is 0 Å². The first kappa shape index (κ1) is 9.88. The fourth-order valence-corrected chi connectivity index (χ4v) is 3.13. The van der Waals surface area contributed by atoms with E-state index in [1.54, 1.807) is 0 Å². The molecule has 0 bridgehead atoms. The molecule has 0 N–H and O–H groups in total. The number of fused-ring (bicyclic) bond motifs is 3. The quantitative estimate of drug-likeness (QED) is 0.667. The van der Waals surface area contributed by atoms with E-state index in [-0.39, 0.29) is 5.78 Å². The van der Waals surface area contributed by atoms with Crippen molar-refractivity contribution in [2.45, 2.75) is 33.1 Å². The number of rotatable bonds is 0. The van der Waals surface area contributed by atoms with Crippen molar-refractivity contribution in [3.63, 3.8) is 0 Å². The van der Waals surface area contributed by atoms with Gasteiger partial charge in [-0.1, -0.05) is 6.92 Å². The summed E-state index contributed by atoms with van der Waals surface area (Å²) in [7, 11) is 0. The van der Waals surface area contributed by atoms with Crippen LogP contribution in [0.4, 0.5) is 0 Å². The number of carbonyl (C=O) groups is 1. The van der Waals surface area contributed by atoms with Crippen LogP contribution < -0.4 is 0 Å². The molecule has 0 aliphatic heterocycles. The third kappa shape index (κ3) is 1.29. The Bertz CT molecular complexity index is 479. The Labute approximate surface area is 95.3 Å². The van der Waals surface area contributed by atoms with Crippen LogP contribution in [0.5, 0.6) is 0 Å². The predicted octanol–water partition coefficient (Wildman–Crippen LogP) is 3.14. The number of hydrogen-bond donors (Lipinski definition) is 0. The molecule has 1 aromatic heterocycles. The summed E-state index contributed by atoms with van der Waals surface area (Å²) in [5.41, 5.74) is 3.63. The van der Waals surface area contributed by atoms with Crippen LogP contribution in [0.15, 0.2) is 16.8 Å². The predicted molar refractivity (Wildman–Crippen MR) is 62.0 cm³/mol. The van der Waals surface area contributed by atoms with Crippen LogP contribution in [0, 0.1) is 18.8 Å². The van der Waals surface area contributed by atoms with Crippen LogP contribution in [-0.2, 0) is 11.2 Å². The molecular formula is C14H16O2. The Kier molecular flexibility index (Phi) is 2.06. The van der Waals surface area contributed by atoms with E-state index in [1.165, 1.54) is 16.7 Å². The molecule has 0 fully saturated rings. The highest BCUT2D eigenvalue weighted by Gasteiger charge is 2.35. The van der Waals surface area contributed by atoms with Gasteiger partial charge >= 0.3 is 0 Å². The second-order valence-corrected chi connectivity index (χ2v) is 5.11. The van der Waals surface area contributed by atoms with Crippen molar-refractivity contribution in [3.05, 3.63) is 29.2 Å². The van der Waals surface area contributed by atoms with Crippen LogP contribution >= 0.6 is 0 Å². The first-order valence-electron chi connectivity index (χ1n) is 5.98. The number of carbonyl (C=O) groups excluding carboxylic acids is 1. The third-order valence-electron chi connectivity index (χ3n) is 3.95. The highest BCUT2D eigenvalue weighted by Crippen LogP contribution is 2.45. The van der Waals surface area contributed by atoms with E-state index in [4.69, 9.17) is 4.42 Å².